The standard InChI is InChI=1S/C10H24N2O.C8H6O4.C6H8O7/c1-6-11(7-2)10(5,13)12(8-3)9-4;9-7(10)5-3-1-2-4-6(5)8(11)12;7-3(8)1-6(13,5(11)12)2-4(9)10/h13H,6-9H2,1-5H3;1-4H,(H,9,10)(H,11,12);13H,1-2H2,(H,7,8)(H,9,10)(H,11,12). The van der Waals surface area contributed by atoms with Crippen LogP contribution in [0.2, 0.25) is 0 Å². The zero-order valence-corrected chi connectivity index (χ0v) is 22.1. The van der Waals surface area contributed by atoms with Gasteiger partial charge in [-0.05, 0) is 45.2 Å². The van der Waals surface area contributed by atoms with E-state index in [-0.39, 0.29) is 11.1 Å². The van der Waals surface area contributed by atoms with Crippen LogP contribution in [0.3, 0.4) is 0 Å². The highest BCUT2D eigenvalue weighted by Crippen LogP contribution is 2.16. The first kappa shape index (κ1) is 36.6. The van der Waals surface area contributed by atoms with Crippen LogP contribution in [-0.4, -0.2) is 113 Å². The van der Waals surface area contributed by atoms with Crippen LogP contribution in [0, 0.1) is 0 Å². The van der Waals surface area contributed by atoms with Crippen LogP contribution in [0.5, 0.6) is 0 Å². The van der Waals surface area contributed by atoms with Gasteiger partial charge in [0.2, 0.25) is 0 Å². The van der Waals surface area contributed by atoms with Crippen LogP contribution in [0.4, 0.5) is 0 Å². The molecule has 0 fully saturated rings. The molecule has 0 saturated carbocycles. The van der Waals surface area contributed by atoms with Gasteiger partial charge in [0.15, 0.2) is 11.4 Å². The van der Waals surface area contributed by atoms with Gasteiger partial charge in [-0.25, -0.2) is 14.4 Å². The summed E-state index contributed by atoms with van der Waals surface area (Å²) in [6, 6.07) is 5.48. The first-order chi connectivity index (χ1) is 17.4. The Balaban J connectivity index is 0. The summed E-state index contributed by atoms with van der Waals surface area (Å²) >= 11 is 0. The molecule has 1 aromatic carbocycles. The predicted molar refractivity (Wildman–Crippen MR) is 134 cm³/mol. The zero-order valence-electron chi connectivity index (χ0n) is 22.1. The summed E-state index contributed by atoms with van der Waals surface area (Å²) in [7, 11) is 0. The van der Waals surface area contributed by atoms with Crippen LogP contribution in [-0.2, 0) is 14.4 Å². The number of aromatic carboxylic acids is 2. The Bertz CT molecular complexity index is 877. The van der Waals surface area contributed by atoms with Crippen molar-refractivity contribution < 1.29 is 59.7 Å². The molecule has 7 N–H and O–H groups in total. The Morgan fingerprint density at radius 2 is 0.947 bits per heavy atom. The molecule has 14 nitrogen and oxygen atoms in total. The van der Waals surface area contributed by atoms with Crippen molar-refractivity contribution in [2.24, 2.45) is 0 Å². The van der Waals surface area contributed by atoms with Crippen molar-refractivity contribution in [3.8, 4) is 0 Å². The minimum atomic E-state index is -2.74. The fourth-order valence-electron chi connectivity index (χ4n) is 3.42. The summed E-state index contributed by atoms with van der Waals surface area (Å²) in [4.78, 5) is 55.5. The molecular weight excluding hydrogens is 508 g/mol. The molecule has 0 amide bonds. The van der Waals surface area contributed by atoms with E-state index in [4.69, 9.17) is 30.6 Å². The van der Waals surface area contributed by atoms with E-state index in [9.17, 15) is 29.1 Å². The normalized spacial score (nSPS) is 11.1. The summed E-state index contributed by atoms with van der Waals surface area (Å²) in [5.41, 5.74) is -3.12. The molecule has 0 aliphatic rings. The molecule has 0 bridgehead atoms. The maximum Gasteiger partial charge on any atom is 0.336 e. The third-order valence-corrected chi connectivity index (χ3v) is 5.40. The Kier molecular flexibility index (Phi) is 16.4. The molecule has 0 saturated heterocycles. The maximum absolute atomic E-state index is 10.5. The van der Waals surface area contributed by atoms with E-state index >= 15 is 0 Å². The smallest absolute Gasteiger partial charge is 0.336 e. The van der Waals surface area contributed by atoms with E-state index in [0.717, 1.165) is 26.2 Å². The van der Waals surface area contributed by atoms with Gasteiger partial charge < -0.3 is 35.7 Å². The molecular formula is C24H38N2O12. The van der Waals surface area contributed by atoms with Crippen LogP contribution >= 0.6 is 0 Å². The van der Waals surface area contributed by atoms with Crippen LogP contribution in [0.15, 0.2) is 24.3 Å². The quantitative estimate of drug-likeness (QED) is 0.172. The van der Waals surface area contributed by atoms with Gasteiger partial charge in [0.1, 0.15) is 0 Å². The predicted octanol–water partition coefficient (Wildman–Crippen LogP) is 1.17. The molecule has 1 rings (SSSR count). The fraction of sp³-hybridized carbons (Fsp3) is 0.542. The number of rotatable bonds is 13. The second-order valence-electron chi connectivity index (χ2n) is 7.95. The van der Waals surface area contributed by atoms with Crippen molar-refractivity contribution in [3.05, 3.63) is 35.4 Å². The first-order valence-corrected chi connectivity index (χ1v) is 11.6. The number of benzene rings is 1. The molecule has 38 heavy (non-hydrogen) atoms. The van der Waals surface area contributed by atoms with Crippen molar-refractivity contribution in [1.29, 1.82) is 0 Å². The van der Waals surface area contributed by atoms with E-state index in [2.05, 4.69) is 37.5 Å². The summed E-state index contributed by atoms with van der Waals surface area (Å²) in [5, 5.41) is 61.2. The van der Waals surface area contributed by atoms with E-state index < -0.39 is 54.1 Å². The molecule has 0 heterocycles. The van der Waals surface area contributed by atoms with Gasteiger partial charge in [0, 0.05) is 0 Å². The summed E-state index contributed by atoms with van der Waals surface area (Å²) in [6.45, 7) is 13.7. The van der Waals surface area contributed by atoms with Crippen LogP contribution in [0.25, 0.3) is 0 Å². The van der Waals surface area contributed by atoms with Gasteiger partial charge >= 0.3 is 29.8 Å². The van der Waals surface area contributed by atoms with Crippen LogP contribution < -0.4 is 0 Å². The van der Waals surface area contributed by atoms with Crippen molar-refractivity contribution >= 4 is 29.8 Å². The second kappa shape index (κ2) is 17.0. The van der Waals surface area contributed by atoms with Gasteiger partial charge in [-0.1, -0.05) is 39.8 Å². The third kappa shape index (κ3) is 12.1. The van der Waals surface area contributed by atoms with E-state index in [1.165, 1.54) is 24.3 Å². The topological polar surface area (TPSA) is 233 Å². The lowest BCUT2D eigenvalue weighted by Crippen LogP contribution is -2.58. The lowest BCUT2D eigenvalue weighted by atomic mass is 9.96. The Morgan fingerprint density at radius 3 is 1.13 bits per heavy atom. The Labute approximate surface area is 220 Å². The Hall–Kier alpha value is -3.59. The lowest BCUT2D eigenvalue weighted by molar-refractivity contribution is -0.198. The van der Waals surface area contributed by atoms with E-state index in [0.29, 0.717) is 0 Å². The molecule has 0 radical (unpaired) electrons. The van der Waals surface area contributed by atoms with Gasteiger partial charge in [-0.15, -0.1) is 0 Å². The molecule has 0 aromatic heterocycles. The van der Waals surface area contributed by atoms with E-state index in [1.54, 1.807) is 0 Å². The van der Waals surface area contributed by atoms with Gasteiger partial charge in [0.25, 0.3) is 0 Å². The maximum atomic E-state index is 10.5. The number of aliphatic hydroxyl groups is 2. The molecule has 0 atom stereocenters. The highest BCUT2D eigenvalue weighted by atomic mass is 16.4. The molecule has 216 valence electrons. The lowest BCUT2D eigenvalue weighted by Gasteiger charge is -2.43. The third-order valence-electron chi connectivity index (χ3n) is 5.40. The number of carboxylic acid groups (broad SMARTS) is 5. The largest absolute Gasteiger partial charge is 0.481 e. The summed E-state index contributed by atoms with van der Waals surface area (Å²) in [6.07, 6.45) is -2.29. The number of hydrogen-bond donors (Lipinski definition) is 7. The van der Waals surface area contributed by atoms with Crippen LogP contribution in [0.1, 0.15) is 68.2 Å². The Morgan fingerprint density at radius 1 is 0.658 bits per heavy atom. The number of nitrogens with zero attached hydrogens (tertiary/aromatic N) is 2. The molecule has 0 spiro atoms. The fourth-order valence-corrected chi connectivity index (χ4v) is 3.42. The first-order valence-electron chi connectivity index (χ1n) is 11.6. The van der Waals surface area contributed by atoms with Crippen molar-refractivity contribution in [2.75, 3.05) is 26.2 Å². The number of aliphatic carboxylic acids is 3. The highest BCUT2D eigenvalue weighted by molar-refractivity contribution is 6.01. The van der Waals surface area contributed by atoms with E-state index in [1.807, 2.05) is 6.92 Å². The number of carbonyl (C=O) groups is 5. The molecule has 0 aliphatic heterocycles. The van der Waals surface area contributed by atoms with Crippen molar-refractivity contribution in [3.63, 3.8) is 0 Å². The van der Waals surface area contributed by atoms with Crippen molar-refractivity contribution in [1.82, 2.24) is 9.80 Å². The van der Waals surface area contributed by atoms with Crippen molar-refractivity contribution in [2.45, 2.75) is 58.9 Å². The summed E-state index contributed by atoms with van der Waals surface area (Å²) in [5.74, 6) is -8.27. The minimum absolute atomic E-state index is 0.190. The van der Waals surface area contributed by atoms with Gasteiger partial charge in [0.05, 0.1) is 24.0 Å². The average molecular weight is 547 g/mol. The molecule has 14 heteroatoms. The average Bonchev–Trinajstić information content (AvgIpc) is 2.80. The molecule has 0 aliphatic carbocycles. The molecule has 1 aromatic rings. The SMILES string of the molecule is CCN(CC)C(C)(O)N(CC)CC.O=C(O)CC(O)(CC(=O)O)C(=O)O.O=C(O)c1ccccc1C(=O)O. The minimum Gasteiger partial charge on any atom is -0.481 e. The zero-order chi connectivity index (χ0) is 30.3. The summed E-state index contributed by atoms with van der Waals surface area (Å²) < 4.78 is 0. The number of carboxylic acids is 5. The molecule has 0 unspecified atom stereocenters. The second-order valence-corrected chi connectivity index (χ2v) is 7.95. The number of hydrogen-bond acceptors (Lipinski definition) is 9. The monoisotopic (exact) mass is 546 g/mol. The van der Waals surface area contributed by atoms with Gasteiger partial charge in [-0.3, -0.25) is 19.4 Å². The highest BCUT2D eigenvalue weighted by Gasteiger charge is 2.40. The van der Waals surface area contributed by atoms with Gasteiger partial charge in [-0.2, -0.15) is 0 Å².